The molecule has 0 spiro atoms. The van der Waals surface area contributed by atoms with E-state index in [4.69, 9.17) is 11.6 Å². The maximum absolute atomic E-state index is 12.9. The maximum atomic E-state index is 12.9. The van der Waals surface area contributed by atoms with Crippen LogP contribution in [0.5, 0.6) is 0 Å². The summed E-state index contributed by atoms with van der Waals surface area (Å²) in [5, 5.41) is 3.10. The molecule has 2 rings (SSSR count). The number of benzene rings is 1. The number of alkyl halides is 3. The zero-order valence-electron chi connectivity index (χ0n) is 12.6. The van der Waals surface area contributed by atoms with Gasteiger partial charge in [0.15, 0.2) is 0 Å². The molecule has 7 heteroatoms. The Morgan fingerprint density at radius 3 is 2.67 bits per heavy atom. The number of halogens is 5. The summed E-state index contributed by atoms with van der Waals surface area (Å²) >= 11 is 9.08. The van der Waals surface area contributed by atoms with Crippen molar-refractivity contribution in [3.05, 3.63) is 68.8 Å². The van der Waals surface area contributed by atoms with Crippen molar-refractivity contribution >= 4 is 33.4 Å². The van der Waals surface area contributed by atoms with E-state index in [-0.39, 0.29) is 12.3 Å². The predicted octanol–water partition coefficient (Wildman–Crippen LogP) is 5.80. The van der Waals surface area contributed by atoms with Crippen molar-refractivity contribution in [2.75, 3.05) is 0 Å². The van der Waals surface area contributed by atoms with Gasteiger partial charge >= 0.3 is 6.18 Å². The minimum absolute atomic E-state index is 0.142. The first-order valence-corrected chi connectivity index (χ1v) is 8.27. The first kappa shape index (κ1) is 18.8. The molecule has 2 nitrogen and oxygen atoms in total. The summed E-state index contributed by atoms with van der Waals surface area (Å²) in [5.41, 5.74) is -0.0546. The van der Waals surface area contributed by atoms with Crippen molar-refractivity contribution in [2.45, 2.75) is 19.5 Å². The smallest absolute Gasteiger partial charge is 0.322 e. The van der Waals surface area contributed by atoms with Gasteiger partial charge in [0.25, 0.3) is 5.91 Å². The number of hydrogen-bond donors (Lipinski definition) is 1. The highest BCUT2D eigenvalue weighted by Crippen LogP contribution is 2.29. The molecular formula is C17H14BrClF3NO. The van der Waals surface area contributed by atoms with Crippen LogP contribution in [0.15, 0.2) is 58.2 Å². The molecular weight excluding hydrogens is 407 g/mol. The van der Waals surface area contributed by atoms with E-state index in [9.17, 15) is 18.0 Å². The van der Waals surface area contributed by atoms with Gasteiger partial charge in [0, 0.05) is 15.2 Å². The fourth-order valence-corrected chi connectivity index (χ4v) is 3.02. The fourth-order valence-electron chi connectivity index (χ4n) is 2.16. The highest BCUT2D eigenvalue weighted by Gasteiger charge is 2.31. The van der Waals surface area contributed by atoms with Crippen molar-refractivity contribution in [3.63, 3.8) is 0 Å². The Balaban J connectivity index is 2.23. The number of hydrogen-bond acceptors (Lipinski definition) is 1. The first-order chi connectivity index (χ1) is 11.2. The molecule has 1 aliphatic rings. The number of carbonyl (C=O) groups is 1. The number of allylic oxidation sites excluding steroid dienone is 5. The largest absolute Gasteiger partial charge is 0.416 e. The normalized spacial score (nSPS) is 24.0. The Morgan fingerprint density at radius 1 is 1.33 bits per heavy atom. The monoisotopic (exact) mass is 419 g/mol. The summed E-state index contributed by atoms with van der Waals surface area (Å²) < 4.78 is 39.2. The third-order valence-electron chi connectivity index (χ3n) is 3.38. The second-order valence-electron chi connectivity index (χ2n) is 5.40. The lowest BCUT2D eigenvalue weighted by atomic mass is 10.0. The van der Waals surface area contributed by atoms with Crippen molar-refractivity contribution < 1.29 is 18.0 Å². The van der Waals surface area contributed by atoms with E-state index >= 15 is 0 Å². The molecule has 0 heterocycles. The lowest BCUT2D eigenvalue weighted by Gasteiger charge is -2.15. The minimum Gasteiger partial charge on any atom is -0.322 e. The molecule has 0 saturated heterocycles. The van der Waals surface area contributed by atoms with Gasteiger partial charge in [0.1, 0.15) is 0 Å². The standard InChI is InChI=1S/C17H14BrClF3NO/c1-10-2-3-11(17(20,21)22)4-6-13(8-10)23-16(24)14-7-5-12(19)9-15(14)18/h3-10H,2H2,1H3,(H,23,24)/b6-4-,11-3-,13-8+/t10-/m1/s1. The average Bonchev–Trinajstić information content (AvgIpc) is 2.42. The summed E-state index contributed by atoms with van der Waals surface area (Å²) in [4.78, 5) is 12.3. The molecule has 1 N–H and O–H groups in total. The van der Waals surface area contributed by atoms with Crippen LogP contribution in [0.3, 0.4) is 0 Å². The van der Waals surface area contributed by atoms with Crippen molar-refractivity contribution in [2.24, 2.45) is 5.92 Å². The van der Waals surface area contributed by atoms with Gasteiger partial charge in [-0.15, -0.1) is 0 Å². The lowest BCUT2D eigenvalue weighted by molar-refractivity contribution is -0.0884. The number of amides is 1. The highest BCUT2D eigenvalue weighted by molar-refractivity contribution is 9.10. The Kier molecular flexibility index (Phi) is 5.93. The quantitative estimate of drug-likeness (QED) is 0.643. The summed E-state index contributed by atoms with van der Waals surface area (Å²) in [6.45, 7) is 1.79. The molecule has 0 saturated carbocycles. The van der Waals surface area contributed by atoms with E-state index in [1.807, 2.05) is 0 Å². The molecule has 0 aromatic heterocycles. The van der Waals surface area contributed by atoms with E-state index in [2.05, 4.69) is 21.2 Å². The minimum atomic E-state index is -4.41. The molecule has 1 amide bonds. The number of rotatable bonds is 2. The Labute approximate surface area is 151 Å². The van der Waals surface area contributed by atoms with Crippen molar-refractivity contribution in [1.82, 2.24) is 5.32 Å². The summed E-state index contributed by atoms with van der Waals surface area (Å²) in [6, 6.07) is 4.68. The molecule has 1 aromatic carbocycles. The van der Waals surface area contributed by atoms with Crippen LogP contribution in [0.1, 0.15) is 23.7 Å². The molecule has 1 aliphatic carbocycles. The van der Waals surface area contributed by atoms with E-state index in [0.717, 1.165) is 12.2 Å². The van der Waals surface area contributed by atoms with Crippen molar-refractivity contribution in [3.8, 4) is 0 Å². The van der Waals surface area contributed by atoms with Crippen LogP contribution in [0.25, 0.3) is 0 Å². The number of nitrogens with one attached hydrogen (secondary N) is 1. The molecule has 1 atom stereocenters. The molecule has 0 fully saturated rings. The zero-order chi connectivity index (χ0) is 17.9. The molecule has 128 valence electrons. The van der Waals surface area contributed by atoms with Crippen LogP contribution in [0, 0.1) is 5.92 Å². The van der Waals surface area contributed by atoms with Crippen LogP contribution in [0.2, 0.25) is 5.02 Å². The second kappa shape index (κ2) is 7.57. The van der Waals surface area contributed by atoms with Gasteiger partial charge in [-0.25, -0.2) is 0 Å². The molecule has 1 aromatic rings. The Bertz CT molecular complexity index is 738. The summed E-state index contributed by atoms with van der Waals surface area (Å²) in [6.07, 6.45) is 0.935. The van der Waals surface area contributed by atoms with Crippen LogP contribution in [-0.2, 0) is 0 Å². The molecule has 0 bridgehead atoms. The Morgan fingerprint density at radius 2 is 2.04 bits per heavy atom. The zero-order valence-corrected chi connectivity index (χ0v) is 15.0. The fraction of sp³-hybridized carbons (Fsp3) is 0.235. The first-order valence-electron chi connectivity index (χ1n) is 7.10. The Hall–Kier alpha value is -1.53. The van der Waals surface area contributed by atoms with Crippen LogP contribution in [-0.4, -0.2) is 12.1 Å². The number of carbonyl (C=O) groups excluding carboxylic acids is 1. The molecule has 0 aliphatic heterocycles. The van der Waals surface area contributed by atoms with E-state index in [0.29, 0.717) is 20.8 Å². The van der Waals surface area contributed by atoms with Gasteiger partial charge in [0.2, 0.25) is 0 Å². The van der Waals surface area contributed by atoms with Gasteiger partial charge in [-0.05, 0) is 58.6 Å². The third-order valence-corrected chi connectivity index (χ3v) is 4.27. The summed E-state index contributed by atoms with van der Waals surface area (Å²) in [5.74, 6) is -0.573. The van der Waals surface area contributed by atoms with Gasteiger partial charge < -0.3 is 5.32 Å². The predicted molar refractivity (Wildman–Crippen MR) is 91.8 cm³/mol. The maximum Gasteiger partial charge on any atom is 0.416 e. The van der Waals surface area contributed by atoms with Gasteiger partial charge in [0.05, 0.1) is 11.1 Å². The van der Waals surface area contributed by atoms with Gasteiger partial charge in [-0.2, -0.15) is 13.2 Å². The average molecular weight is 421 g/mol. The molecule has 0 radical (unpaired) electrons. The van der Waals surface area contributed by atoms with Crippen molar-refractivity contribution in [1.29, 1.82) is 0 Å². The molecule has 0 unspecified atom stereocenters. The van der Waals surface area contributed by atoms with Crippen LogP contribution >= 0.6 is 27.5 Å². The van der Waals surface area contributed by atoms with Crippen LogP contribution in [0.4, 0.5) is 13.2 Å². The van der Waals surface area contributed by atoms with E-state index in [1.54, 1.807) is 31.2 Å². The van der Waals surface area contributed by atoms with E-state index in [1.165, 1.54) is 6.08 Å². The van der Waals surface area contributed by atoms with Gasteiger partial charge in [-0.3, -0.25) is 4.79 Å². The SMILES string of the molecule is C[C@H]1\C=C(NC(=O)c2ccc(Cl)cc2Br)/C=C\C(C(F)(F)F)=C\C1. The second-order valence-corrected chi connectivity index (χ2v) is 6.69. The lowest BCUT2D eigenvalue weighted by Crippen LogP contribution is -2.23. The topological polar surface area (TPSA) is 29.1 Å². The summed E-state index contributed by atoms with van der Waals surface area (Å²) in [7, 11) is 0. The van der Waals surface area contributed by atoms with E-state index < -0.39 is 17.7 Å². The van der Waals surface area contributed by atoms with Crippen LogP contribution < -0.4 is 5.32 Å². The molecule has 24 heavy (non-hydrogen) atoms. The highest BCUT2D eigenvalue weighted by atomic mass is 79.9. The third kappa shape index (κ3) is 4.98. The van der Waals surface area contributed by atoms with Gasteiger partial charge in [-0.1, -0.05) is 30.7 Å².